The number of likely N-dealkylation sites (tertiary alicyclic amines) is 1. The van der Waals surface area contributed by atoms with Crippen LogP contribution in [-0.2, 0) is 16.0 Å². The summed E-state index contributed by atoms with van der Waals surface area (Å²) in [6, 6.07) is 5.97. The van der Waals surface area contributed by atoms with Gasteiger partial charge in [0.2, 0.25) is 11.8 Å². The highest BCUT2D eigenvalue weighted by Gasteiger charge is 2.49. The number of amides is 2. The Morgan fingerprint density at radius 2 is 1.85 bits per heavy atom. The number of aromatic nitrogens is 1. The molecule has 7 heteroatoms. The Balaban J connectivity index is 1.16. The van der Waals surface area contributed by atoms with Gasteiger partial charge in [-0.05, 0) is 56.8 Å². The Labute approximate surface area is 161 Å². The molecule has 27 heavy (non-hydrogen) atoms. The number of benzene rings is 1. The second-order valence-corrected chi connectivity index (χ2v) is 8.47. The monoisotopic (exact) mass is 387 g/mol. The van der Waals surface area contributed by atoms with Gasteiger partial charge in [0, 0.05) is 6.54 Å². The minimum absolute atomic E-state index is 0.0134. The molecule has 0 spiro atoms. The number of imide groups is 1. The molecule has 2 aliphatic rings. The van der Waals surface area contributed by atoms with Gasteiger partial charge in [-0.2, -0.15) is 0 Å². The highest BCUT2D eigenvalue weighted by Crippen LogP contribution is 2.39. The van der Waals surface area contributed by atoms with Gasteiger partial charge in [-0.25, -0.2) is 0 Å². The Morgan fingerprint density at radius 1 is 1.07 bits per heavy atom. The van der Waals surface area contributed by atoms with Crippen LogP contribution in [0.2, 0.25) is 0 Å². The molecule has 1 aromatic carbocycles. The Morgan fingerprint density at radius 3 is 2.63 bits per heavy atom. The van der Waals surface area contributed by atoms with Crippen molar-refractivity contribution in [2.45, 2.75) is 38.5 Å². The number of rotatable bonds is 8. The average Bonchev–Trinajstić information content (AvgIpc) is 3.33. The highest BCUT2D eigenvalue weighted by atomic mass is 32.1. The third-order valence-electron chi connectivity index (χ3n) is 5.77. The number of H-pyrrole nitrogens is 1. The largest absolute Gasteiger partial charge is 0.316 e. The molecule has 2 amide bonds. The minimum Gasteiger partial charge on any atom is -0.316 e. The summed E-state index contributed by atoms with van der Waals surface area (Å²) in [7, 11) is 0. The molecule has 144 valence electrons. The van der Waals surface area contributed by atoms with Crippen LogP contribution in [0.15, 0.2) is 23.0 Å². The summed E-state index contributed by atoms with van der Waals surface area (Å²) in [5, 5.41) is 3.42. The maximum atomic E-state index is 12.3. The van der Waals surface area contributed by atoms with E-state index < -0.39 is 0 Å². The first-order valence-electron chi connectivity index (χ1n) is 9.82. The van der Waals surface area contributed by atoms with E-state index in [2.05, 4.69) is 16.4 Å². The molecule has 2 N–H and O–H groups in total. The van der Waals surface area contributed by atoms with Crippen LogP contribution in [0, 0.1) is 11.8 Å². The Hall–Kier alpha value is -1.99. The lowest BCUT2D eigenvalue weighted by Crippen LogP contribution is -2.33. The van der Waals surface area contributed by atoms with Gasteiger partial charge < -0.3 is 10.3 Å². The van der Waals surface area contributed by atoms with E-state index in [1.807, 2.05) is 12.1 Å². The van der Waals surface area contributed by atoms with Crippen molar-refractivity contribution in [2.24, 2.45) is 11.8 Å². The number of hydrogen-bond donors (Lipinski definition) is 2. The van der Waals surface area contributed by atoms with Crippen molar-refractivity contribution in [1.29, 1.82) is 0 Å². The van der Waals surface area contributed by atoms with E-state index in [9.17, 15) is 14.4 Å². The number of unbranched alkanes of at least 4 members (excludes halogenated alkanes) is 1. The van der Waals surface area contributed by atoms with Gasteiger partial charge in [0.15, 0.2) is 0 Å². The number of aromatic amines is 1. The standard InChI is InChI=1S/C20H25N3O3S/c24-18-14-6-4-7-15(14)19(25)23(18)12-2-1-10-21-11-9-13-5-3-8-16-17(13)27-20(26)22-16/h3,5,8,14-15,21H,1-2,4,6-7,9-12H2,(H,22,26). The molecular weight excluding hydrogens is 362 g/mol. The zero-order valence-corrected chi connectivity index (χ0v) is 16.1. The van der Waals surface area contributed by atoms with Crippen molar-refractivity contribution in [1.82, 2.24) is 15.2 Å². The molecule has 2 atom stereocenters. The van der Waals surface area contributed by atoms with E-state index in [1.54, 1.807) is 0 Å². The number of nitrogens with zero attached hydrogens (tertiary/aromatic N) is 1. The van der Waals surface area contributed by atoms with Crippen molar-refractivity contribution >= 4 is 33.4 Å². The number of nitrogens with one attached hydrogen (secondary N) is 2. The van der Waals surface area contributed by atoms with Crippen LogP contribution >= 0.6 is 11.3 Å². The molecule has 1 aliphatic heterocycles. The SMILES string of the molecule is O=C1C2CCCC2C(=O)N1CCCCNCCc1cccc2[nH]c(=O)sc12. The van der Waals surface area contributed by atoms with E-state index in [1.165, 1.54) is 21.8 Å². The van der Waals surface area contributed by atoms with E-state index in [4.69, 9.17) is 0 Å². The number of thiazole rings is 1. The van der Waals surface area contributed by atoms with Crippen LogP contribution in [0.3, 0.4) is 0 Å². The van der Waals surface area contributed by atoms with Gasteiger partial charge in [-0.15, -0.1) is 0 Å². The lowest BCUT2D eigenvalue weighted by Gasteiger charge is -2.15. The topological polar surface area (TPSA) is 82.3 Å². The van der Waals surface area contributed by atoms with Crippen molar-refractivity contribution < 1.29 is 9.59 Å². The van der Waals surface area contributed by atoms with Crippen LogP contribution in [0.4, 0.5) is 0 Å². The smallest absolute Gasteiger partial charge is 0.305 e. The number of hydrogen-bond acceptors (Lipinski definition) is 5. The zero-order valence-electron chi connectivity index (χ0n) is 15.3. The lowest BCUT2D eigenvalue weighted by atomic mass is 10.00. The van der Waals surface area contributed by atoms with E-state index in [0.717, 1.165) is 61.8 Å². The van der Waals surface area contributed by atoms with Gasteiger partial charge in [-0.1, -0.05) is 29.9 Å². The molecule has 2 aromatic rings. The maximum absolute atomic E-state index is 12.3. The Kier molecular flexibility index (Phi) is 5.41. The molecule has 1 aromatic heterocycles. The summed E-state index contributed by atoms with van der Waals surface area (Å²) >= 11 is 1.26. The van der Waals surface area contributed by atoms with Crippen molar-refractivity contribution in [3.63, 3.8) is 0 Å². The van der Waals surface area contributed by atoms with Crippen LogP contribution in [0.1, 0.15) is 37.7 Å². The molecule has 2 unspecified atom stereocenters. The van der Waals surface area contributed by atoms with Crippen LogP contribution in [0.5, 0.6) is 0 Å². The first kappa shape index (κ1) is 18.4. The maximum Gasteiger partial charge on any atom is 0.305 e. The second-order valence-electron chi connectivity index (χ2n) is 7.49. The molecule has 6 nitrogen and oxygen atoms in total. The predicted molar refractivity (Wildman–Crippen MR) is 106 cm³/mol. The van der Waals surface area contributed by atoms with Crippen LogP contribution < -0.4 is 10.2 Å². The fourth-order valence-corrected chi connectivity index (χ4v) is 5.25. The molecular formula is C20H25N3O3S. The number of fused-ring (bicyclic) bond motifs is 2. The van der Waals surface area contributed by atoms with E-state index in [-0.39, 0.29) is 28.5 Å². The van der Waals surface area contributed by atoms with Gasteiger partial charge in [0.05, 0.1) is 22.1 Å². The third-order valence-corrected chi connectivity index (χ3v) is 6.74. The quantitative estimate of drug-likeness (QED) is 0.538. The molecule has 1 aliphatic carbocycles. The van der Waals surface area contributed by atoms with Crippen LogP contribution in [0.25, 0.3) is 10.2 Å². The minimum atomic E-state index is -0.0255. The van der Waals surface area contributed by atoms with Crippen molar-refractivity contribution in [2.75, 3.05) is 19.6 Å². The molecule has 1 saturated heterocycles. The first-order chi connectivity index (χ1) is 13.1. The zero-order chi connectivity index (χ0) is 18.8. The average molecular weight is 388 g/mol. The first-order valence-corrected chi connectivity index (χ1v) is 10.6. The lowest BCUT2D eigenvalue weighted by molar-refractivity contribution is -0.140. The fraction of sp³-hybridized carbons (Fsp3) is 0.550. The summed E-state index contributed by atoms with van der Waals surface area (Å²) in [4.78, 5) is 40.4. The van der Waals surface area contributed by atoms with Crippen molar-refractivity contribution in [3.05, 3.63) is 33.4 Å². The van der Waals surface area contributed by atoms with Gasteiger partial charge >= 0.3 is 4.87 Å². The molecule has 2 heterocycles. The molecule has 4 rings (SSSR count). The van der Waals surface area contributed by atoms with E-state index >= 15 is 0 Å². The third kappa shape index (κ3) is 3.71. The summed E-state index contributed by atoms with van der Waals surface area (Å²) in [6.45, 7) is 2.27. The van der Waals surface area contributed by atoms with E-state index in [0.29, 0.717) is 6.54 Å². The van der Waals surface area contributed by atoms with Gasteiger partial charge in [-0.3, -0.25) is 19.3 Å². The summed E-state index contributed by atoms with van der Waals surface area (Å²) in [5.41, 5.74) is 2.09. The Bertz CT molecular complexity index is 881. The summed E-state index contributed by atoms with van der Waals surface area (Å²) < 4.78 is 1.04. The normalized spacial score (nSPS) is 22.1. The molecule has 2 fully saturated rings. The predicted octanol–water partition coefficient (Wildman–Crippen LogP) is 2.29. The molecule has 0 bridgehead atoms. The highest BCUT2D eigenvalue weighted by molar-refractivity contribution is 7.16. The number of carbonyl (C=O) groups is 2. The summed E-state index contributed by atoms with van der Waals surface area (Å²) in [5.74, 6) is 0.0769. The fourth-order valence-electron chi connectivity index (χ4n) is 4.38. The number of carbonyl (C=O) groups excluding carboxylic acids is 2. The van der Waals surface area contributed by atoms with Gasteiger partial charge in [0.1, 0.15) is 0 Å². The summed E-state index contributed by atoms with van der Waals surface area (Å²) in [6.07, 6.45) is 5.44. The second kappa shape index (κ2) is 7.94. The van der Waals surface area contributed by atoms with Gasteiger partial charge in [0.25, 0.3) is 0 Å². The van der Waals surface area contributed by atoms with Crippen molar-refractivity contribution in [3.8, 4) is 0 Å². The van der Waals surface area contributed by atoms with Crippen LogP contribution in [-0.4, -0.2) is 41.3 Å². The molecule has 1 saturated carbocycles. The molecule has 0 radical (unpaired) electrons.